The molecule has 23 heavy (non-hydrogen) atoms. The van der Waals surface area contributed by atoms with Gasteiger partial charge in [-0.2, -0.15) is 5.10 Å². The van der Waals surface area contributed by atoms with E-state index in [0.717, 1.165) is 6.42 Å². The number of carbonyl (C=O) groups is 2. The Labute approximate surface area is 134 Å². The number of amides is 2. The van der Waals surface area contributed by atoms with E-state index >= 15 is 0 Å². The average Bonchev–Trinajstić information content (AvgIpc) is 3.08. The Kier molecular flexibility index (Phi) is 6.11. The lowest BCUT2D eigenvalue weighted by Gasteiger charge is -2.05. The molecular weight excluding hydrogens is 294 g/mol. The fraction of sp³-hybridized carbons (Fsp3) is 0.235. The third-order valence-electron chi connectivity index (χ3n) is 3.09. The van der Waals surface area contributed by atoms with Crippen LogP contribution in [-0.2, 0) is 11.2 Å². The Bertz CT molecular complexity index is 664. The Balaban J connectivity index is 1.69. The molecule has 6 nitrogen and oxygen atoms in total. The molecule has 1 aromatic carbocycles. The molecule has 6 heteroatoms. The molecule has 120 valence electrons. The molecule has 0 saturated heterocycles. The molecule has 0 fully saturated rings. The van der Waals surface area contributed by atoms with Crippen LogP contribution in [0.4, 0.5) is 0 Å². The van der Waals surface area contributed by atoms with Gasteiger partial charge in [0.1, 0.15) is 0 Å². The van der Waals surface area contributed by atoms with E-state index in [1.165, 1.54) is 17.9 Å². The number of hydrazone groups is 1. The topological polar surface area (TPSA) is 83.7 Å². The second-order valence-corrected chi connectivity index (χ2v) is 5.03. The predicted molar refractivity (Wildman–Crippen MR) is 87.1 cm³/mol. The molecular formula is C17H19N3O3. The highest BCUT2D eigenvalue weighted by Crippen LogP contribution is 2.00. The van der Waals surface area contributed by atoms with Crippen molar-refractivity contribution in [3.05, 3.63) is 60.1 Å². The molecule has 2 amide bonds. The quantitative estimate of drug-likeness (QED) is 0.607. The van der Waals surface area contributed by atoms with Crippen molar-refractivity contribution >= 4 is 17.5 Å². The van der Waals surface area contributed by atoms with Gasteiger partial charge in [-0.15, -0.1) is 0 Å². The van der Waals surface area contributed by atoms with Gasteiger partial charge < -0.3 is 9.73 Å². The summed E-state index contributed by atoms with van der Waals surface area (Å²) >= 11 is 0. The van der Waals surface area contributed by atoms with Crippen LogP contribution >= 0.6 is 0 Å². The molecule has 0 radical (unpaired) electrons. The molecule has 0 aliphatic heterocycles. The van der Waals surface area contributed by atoms with E-state index in [1.807, 2.05) is 30.3 Å². The van der Waals surface area contributed by atoms with E-state index in [9.17, 15) is 9.59 Å². The average molecular weight is 313 g/mol. The van der Waals surface area contributed by atoms with E-state index in [4.69, 9.17) is 4.42 Å². The number of hydrogen-bond acceptors (Lipinski definition) is 4. The lowest BCUT2D eigenvalue weighted by Crippen LogP contribution is -2.28. The second kappa shape index (κ2) is 8.53. The molecule has 0 unspecified atom stereocenters. The van der Waals surface area contributed by atoms with Gasteiger partial charge in [-0.3, -0.25) is 9.59 Å². The van der Waals surface area contributed by atoms with Gasteiger partial charge in [0.15, 0.2) is 5.76 Å². The van der Waals surface area contributed by atoms with Crippen LogP contribution in [0.2, 0.25) is 0 Å². The van der Waals surface area contributed by atoms with E-state index in [2.05, 4.69) is 15.8 Å². The van der Waals surface area contributed by atoms with Crippen molar-refractivity contribution < 1.29 is 14.0 Å². The fourth-order valence-corrected chi connectivity index (χ4v) is 1.93. The maximum absolute atomic E-state index is 11.8. The van der Waals surface area contributed by atoms with Crippen molar-refractivity contribution in [2.45, 2.75) is 19.8 Å². The van der Waals surface area contributed by atoms with Gasteiger partial charge >= 0.3 is 5.91 Å². The third-order valence-corrected chi connectivity index (χ3v) is 3.09. The van der Waals surface area contributed by atoms with Crippen LogP contribution in [0.3, 0.4) is 0 Å². The highest BCUT2D eigenvalue weighted by atomic mass is 16.3. The van der Waals surface area contributed by atoms with Crippen molar-refractivity contribution in [2.75, 3.05) is 6.54 Å². The summed E-state index contributed by atoms with van der Waals surface area (Å²) in [5.74, 6) is -0.401. The Morgan fingerprint density at radius 1 is 1.13 bits per heavy atom. The minimum atomic E-state index is -0.446. The first kappa shape index (κ1) is 16.5. The van der Waals surface area contributed by atoms with Gasteiger partial charge in [-0.05, 0) is 31.0 Å². The van der Waals surface area contributed by atoms with Crippen molar-refractivity contribution in [1.29, 1.82) is 0 Å². The Morgan fingerprint density at radius 2 is 1.91 bits per heavy atom. The van der Waals surface area contributed by atoms with E-state index < -0.39 is 5.91 Å². The van der Waals surface area contributed by atoms with E-state index in [0.29, 0.717) is 12.3 Å². The number of hydrogen-bond donors (Lipinski definition) is 2. The monoisotopic (exact) mass is 313 g/mol. The van der Waals surface area contributed by atoms with Crippen molar-refractivity contribution in [3.63, 3.8) is 0 Å². The first-order chi connectivity index (χ1) is 11.1. The summed E-state index contributed by atoms with van der Waals surface area (Å²) in [5.41, 5.74) is 4.03. The van der Waals surface area contributed by atoms with Gasteiger partial charge in [-0.1, -0.05) is 30.3 Å². The van der Waals surface area contributed by atoms with Crippen molar-refractivity contribution in [1.82, 2.24) is 10.7 Å². The predicted octanol–water partition coefficient (Wildman–Crippen LogP) is 2.13. The van der Waals surface area contributed by atoms with E-state index in [1.54, 1.807) is 13.0 Å². The smallest absolute Gasteiger partial charge is 0.307 e. The second-order valence-electron chi connectivity index (χ2n) is 5.03. The largest absolute Gasteiger partial charge is 0.459 e. The number of furan rings is 1. The third kappa shape index (κ3) is 5.78. The highest BCUT2D eigenvalue weighted by Gasteiger charge is 2.08. The first-order valence-corrected chi connectivity index (χ1v) is 7.33. The molecule has 0 aliphatic carbocycles. The Morgan fingerprint density at radius 3 is 2.61 bits per heavy atom. The van der Waals surface area contributed by atoms with Crippen LogP contribution in [-0.4, -0.2) is 24.1 Å². The zero-order chi connectivity index (χ0) is 16.5. The van der Waals surface area contributed by atoms with Crippen LogP contribution in [0.15, 0.2) is 58.2 Å². The number of nitrogens with zero attached hydrogens (tertiary/aromatic N) is 1. The lowest BCUT2D eigenvalue weighted by molar-refractivity contribution is -0.119. The maximum Gasteiger partial charge on any atom is 0.307 e. The molecule has 0 bridgehead atoms. The molecule has 0 aliphatic rings. The standard InChI is InChI=1S/C17H19N3O3/c1-13(19-20-17(22)15-8-5-11-23-15)12-16(21)18-10-9-14-6-3-2-4-7-14/h2-8,11H,9-10,12H2,1H3,(H,18,21)(H,20,22)/b19-13+. The number of benzene rings is 1. The minimum absolute atomic E-state index is 0.130. The van der Waals surface area contributed by atoms with Gasteiger partial charge in [-0.25, -0.2) is 5.43 Å². The molecule has 1 heterocycles. The summed E-state index contributed by atoms with van der Waals surface area (Å²) < 4.78 is 4.94. The van der Waals surface area contributed by atoms with Crippen molar-refractivity contribution in [3.8, 4) is 0 Å². The van der Waals surface area contributed by atoms with Crippen molar-refractivity contribution in [2.24, 2.45) is 5.10 Å². The highest BCUT2D eigenvalue weighted by molar-refractivity contribution is 6.00. The van der Waals surface area contributed by atoms with Crippen LogP contribution in [0.25, 0.3) is 0 Å². The van der Waals surface area contributed by atoms with Gasteiger partial charge in [0, 0.05) is 12.3 Å². The summed E-state index contributed by atoms with van der Waals surface area (Å²) in [6, 6.07) is 13.1. The molecule has 0 spiro atoms. The number of rotatable bonds is 7. The molecule has 2 aromatic rings. The van der Waals surface area contributed by atoms with Crippen LogP contribution in [0.5, 0.6) is 0 Å². The zero-order valence-electron chi connectivity index (χ0n) is 12.9. The molecule has 1 aromatic heterocycles. The summed E-state index contributed by atoms with van der Waals surface area (Å²) in [6.45, 7) is 2.24. The molecule has 0 atom stereocenters. The van der Waals surface area contributed by atoms with Gasteiger partial charge in [0.05, 0.1) is 12.7 Å². The Hall–Kier alpha value is -2.89. The molecule has 2 rings (SSSR count). The SMILES string of the molecule is C/C(CC(=O)NCCc1ccccc1)=N\NC(=O)c1ccco1. The maximum atomic E-state index is 11.8. The fourth-order valence-electron chi connectivity index (χ4n) is 1.93. The first-order valence-electron chi connectivity index (χ1n) is 7.33. The van der Waals surface area contributed by atoms with Gasteiger partial charge in [0.2, 0.25) is 5.91 Å². The van der Waals surface area contributed by atoms with Crippen LogP contribution in [0.1, 0.15) is 29.5 Å². The molecule has 0 saturated carbocycles. The number of nitrogens with one attached hydrogen (secondary N) is 2. The number of carbonyl (C=O) groups excluding carboxylic acids is 2. The molecule has 2 N–H and O–H groups in total. The normalized spacial score (nSPS) is 11.1. The van der Waals surface area contributed by atoms with Crippen LogP contribution in [0, 0.1) is 0 Å². The van der Waals surface area contributed by atoms with E-state index in [-0.39, 0.29) is 18.1 Å². The van der Waals surface area contributed by atoms with Gasteiger partial charge in [0.25, 0.3) is 0 Å². The zero-order valence-corrected chi connectivity index (χ0v) is 12.9. The summed E-state index contributed by atoms with van der Waals surface area (Å²) in [5, 5.41) is 6.71. The summed E-state index contributed by atoms with van der Waals surface area (Å²) in [6.07, 6.45) is 2.32. The minimum Gasteiger partial charge on any atom is -0.459 e. The summed E-state index contributed by atoms with van der Waals surface area (Å²) in [7, 11) is 0. The summed E-state index contributed by atoms with van der Waals surface area (Å²) in [4.78, 5) is 23.4. The lowest BCUT2D eigenvalue weighted by atomic mass is 10.1. The van der Waals surface area contributed by atoms with Crippen LogP contribution < -0.4 is 10.7 Å².